The molecular weight excluding hydrogens is 302 g/mol. The quantitative estimate of drug-likeness (QED) is 0.831. The van der Waals surface area contributed by atoms with Crippen LogP contribution in [0.25, 0.3) is 0 Å². The number of fused-ring (bicyclic) bond motifs is 1. The van der Waals surface area contributed by atoms with Gasteiger partial charge in [-0.25, -0.2) is 4.98 Å². The number of carbonyl (C=O) groups is 2. The van der Waals surface area contributed by atoms with Crippen LogP contribution in [0.2, 0.25) is 0 Å². The summed E-state index contributed by atoms with van der Waals surface area (Å²) in [4.78, 5) is 33.7. The van der Waals surface area contributed by atoms with Gasteiger partial charge in [-0.1, -0.05) is 0 Å². The van der Waals surface area contributed by atoms with Crippen LogP contribution >= 0.6 is 11.3 Å². The number of amides is 2. The van der Waals surface area contributed by atoms with E-state index in [9.17, 15) is 9.59 Å². The summed E-state index contributed by atoms with van der Waals surface area (Å²) >= 11 is 1.50. The summed E-state index contributed by atoms with van der Waals surface area (Å²) in [6.45, 7) is 3.15. The standard InChI is InChI=1S/C15H21N3O3S/c1-21-10-13(19)17-8-4-11-12(5-9-17)22-14(16-11)15(20)18-6-2-3-7-18/h2-10H2,1H3. The number of ether oxygens (including phenoxy) is 1. The normalized spacial score (nSPS) is 18.2. The fourth-order valence-electron chi connectivity index (χ4n) is 2.97. The minimum atomic E-state index is 0.0195. The number of thiazole rings is 1. The van der Waals surface area contributed by atoms with Gasteiger partial charge in [0.2, 0.25) is 5.91 Å². The summed E-state index contributed by atoms with van der Waals surface area (Å²) in [6.07, 6.45) is 3.67. The first kappa shape index (κ1) is 15.4. The Morgan fingerprint density at radius 2 is 1.86 bits per heavy atom. The van der Waals surface area contributed by atoms with Crippen molar-refractivity contribution in [3.05, 3.63) is 15.6 Å². The number of aromatic nitrogens is 1. The molecule has 6 nitrogen and oxygen atoms in total. The molecule has 0 unspecified atom stereocenters. The third kappa shape index (κ3) is 3.15. The first-order chi connectivity index (χ1) is 10.7. The van der Waals surface area contributed by atoms with Crippen molar-refractivity contribution in [2.24, 2.45) is 0 Å². The fraction of sp³-hybridized carbons (Fsp3) is 0.667. The molecule has 0 N–H and O–H groups in total. The van der Waals surface area contributed by atoms with Crippen molar-refractivity contribution in [3.8, 4) is 0 Å². The van der Waals surface area contributed by atoms with E-state index in [0.717, 1.165) is 42.9 Å². The van der Waals surface area contributed by atoms with Crippen molar-refractivity contribution < 1.29 is 14.3 Å². The Balaban J connectivity index is 1.67. The summed E-state index contributed by atoms with van der Waals surface area (Å²) in [6, 6.07) is 0. The van der Waals surface area contributed by atoms with Crippen LogP contribution in [0.5, 0.6) is 0 Å². The summed E-state index contributed by atoms with van der Waals surface area (Å²) in [5.74, 6) is 0.0916. The van der Waals surface area contributed by atoms with Gasteiger partial charge in [0.1, 0.15) is 6.61 Å². The zero-order valence-corrected chi connectivity index (χ0v) is 13.7. The SMILES string of the molecule is COCC(=O)N1CCc2nc(C(=O)N3CCCC3)sc2CC1. The highest BCUT2D eigenvalue weighted by Gasteiger charge is 2.26. The average Bonchev–Trinajstić information content (AvgIpc) is 3.13. The Morgan fingerprint density at radius 3 is 2.59 bits per heavy atom. The van der Waals surface area contributed by atoms with Gasteiger partial charge in [-0.05, 0) is 12.8 Å². The van der Waals surface area contributed by atoms with E-state index in [-0.39, 0.29) is 18.4 Å². The summed E-state index contributed by atoms with van der Waals surface area (Å²) < 4.78 is 4.91. The second-order valence-corrected chi connectivity index (χ2v) is 6.79. The molecule has 0 atom stereocenters. The molecule has 0 bridgehead atoms. The molecule has 120 valence electrons. The minimum Gasteiger partial charge on any atom is -0.375 e. The van der Waals surface area contributed by atoms with Gasteiger partial charge in [0.15, 0.2) is 5.01 Å². The number of likely N-dealkylation sites (tertiary alicyclic amines) is 1. The van der Waals surface area contributed by atoms with Crippen molar-refractivity contribution in [1.82, 2.24) is 14.8 Å². The second kappa shape index (κ2) is 6.75. The van der Waals surface area contributed by atoms with Gasteiger partial charge in [-0.3, -0.25) is 9.59 Å². The minimum absolute atomic E-state index is 0.0195. The molecule has 7 heteroatoms. The highest BCUT2D eigenvalue weighted by Crippen LogP contribution is 2.25. The molecule has 3 heterocycles. The Hall–Kier alpha value is -1.47. The molecule has 0 radical (unpaired) electrons. The Labute approximate surface area is 134 Å². The lowest BCUT2D eigenvalue weighted by Crippen LogP contribution is -2.35. The number of hydrogen-bond donors (Lipinski definition) is 0. The van der Waals surface area contributed by atoms with Crippen LogP contribution in [0.1, 0.15) is 33.2 Å². The van der Waals surface area contributed by atoms with Crippen LogP contribution in [0.3, 0.4) is 0 Å². The highest BCUT2D eigenvalue weighted by molar-refractivity contribution is 7.13. The molecule has 0 saturated carbocycles. The highest BCUT2D eigenvalue weighted by atomic mass is 32.1. The van der Waals surface area contributed by atoms with E-state index in [1.54, 1.807) is 0 Å². The van der Waals surface area contributed by atoms with Gasteiger partial charge in [-0.2, -0.15) is 0 Å². The molecule has 0 aromatic carbocycles. The summed E-state index contributed by atoms with van der Waals surface area (Å²) in [7, 11) is 1.53. The van der Waals surface area contributed by atoms with Gasteiger partial charge >= 0.3 is 0 Å². The molecule has 0 spiro atoms. The predicted octanol–water partition coefficient (Wildman–Crippen LogP) is 0.953. The number of carbonyl (C=O) groups excluding carboxylic acids is 2. The van der Waals surface area contributed by atoms with Crippen LogP contribution in [-0.4, -0.2) is 66.5 Å². The molecule has 1 fully saturated rings. The van der Waals surface area contributed by atoms with Gasteiger partial charge < -0.3 is 14.5 Å². The number of nitrogens with zero attached hydrogens (tertiary/aromatic N) is 3. The van der Waals surface area contributed by atoms with Crippen molar-refractivity contribution >= 4 is 23.2 Å². The lowest BCUT2D eigenvalue weighted by atomic mass is 10.2. The first-order valence-corrected chi connectivity index (χ1v) is 8.55. The molecule has 0 aliphatic carbocycles. The van der Waals surface area contributed by atoms with E-state index < -0.39 is 0 Å². The molecule has 1 aromatic heterocycles. The van der Waals surface area contributed by atoms with Crippen LogP contribution < -0.4 is 0 Å². The van der Waals surface area contributed by atoms with E-state index in [1.165, 1.54) is 18.4 Å². The molecule has 2 aliphatic rings. The zero-order chi connectivity index (χ0) is 15.5. The van der Waals surface area contributed by atoms with Gasteiger partial charge in [0, 0.05) is 51.0 Å². The Morgan fingerprint density at radius 1 is 1.14 bits per heavy atom. The third-order valence-electron chi connectivity index (χ3n) is 4.20. The summed E-state index contributed by atoms with van der Waals surface area (Å²) in [5, 5.41) is 0.614. The van der Waals surface area contributed by atoms with E-state index in [1.807, 2.05) is 9.80 Å². The molecular formula is C15H21N3O3S. The maximum atomic E-state index is 12.4. The Bertz CT molecular complexity index is 541. The lowest BCUT2D eigenvalue weighted by molar-refractivity contribution is -0.135. The van der Waals surface area contributed by atoms with Crippen LogP contribution in [-0.2, 0) is 22.4 Å². The zero-order valence-electron chi connectivity index (χ0n) is 12.8. The average molecular weight is 323 g/mol. The molecule has 22 heavy (non-hydrogen) atoms. The first-order valence-electron chi connectivity index (χ1n) is 7.73. The largest absolute Gasteiger partial charge is 0.375 e. The number of methoxy groups -OCH3 is 1. The van der Waals surface area contributed by atoms with E-state index >= 15 is 0 Å². The van der Waals surface area contributed by atoms with Crippen LogP contribution in [0.15, 0.2) is 0 Å². The lowest BCUT2D eigenvalue weighted by Gasteiger charge is -2.19. The van der Waals surface area contributed by atoms with E-state index in [2.05, 4.69) is 4.98 Å². The van der Waals surface area contributed by atoms with Crippen molar-refractivity contribution in [1.29, 1.82) is 0 Å². The summed E-state index contributed by atoms with van der Waals surface area (Å²) in [5.41, 5.74) is 0.986. The van der Waals surface area contributed by atoms with Crippen LogP contribution in [0.4, 0.5) is 0 Å². The van der Waals surface area contributed by atoms with Crippen molar-refractivity contribution in [2.75, 3.05) is 39.9 Å². The second-order valence-electron chi connectivity index (χ2n) is 5.70. The molecule has 2 aliphatic heterocycles. The van der Waals surface area contributed by atoms with Gasteiger partial charge in [0.05, 0.1) is 5.69 Å². The fourth-order valence-corrected chi connectivity index (χ4v) is 4.04. The van der Waals surface area contributed by atoms with Crippen LogP contribution in [0, 0.1) is 0 Å². The number of hydrogen-bond acceptors (Lipinski definition) is 5. The maximum Gasteiger partial charge on any atom is 0.282 e. The topological polar surface area (TPSA) is 62.7 Å². The Kier molecular flexibility index (Phi) is 4.73. The third-order valence-corrected chi connectivity index (χ3v) is 5.35. The number of rotatable bonds is 3. The predicted molar refractivity (Wildman–Crippen MR) is 83.1 cm³/mol. The smallest absolute Gasteiger partial charge is 0.282 e. The maximum absolute atomic E-state index is 12.4. The van der Waals surface area contributed by atoms with Crippen molar-refractivity contribution in [3.63, 3.8) is 0 Å². The van der Waals surface area contributed by atoms with Crippen molar-refractivity contribution in [2.45, 2.75) is 25.7 Å². The van der Waals surface area contributed by atoms with Gasteiger partial charge in [-0.15, -0.1) is 11.3 Å². The monoisotopic (exact) mass is 323 g/mol. The molecule has 2 amide bonds. The molecule has 1 aromatic rings. The van der Waals surface area contributed by atoms with Gasteiger partial charge in [0.25, 0.3) is 5.91 Å². The molecule has 1 saturated heterocycles. The van der Waals surface area contributed by atoms with E-state index in [4.69, 9.17) is 4.74 Å². The van der Waals surface area contributed by atoms with E-state index in [0.29, 0.717) is 24.5 Å². The molecule has 3 rings (SSSR count).